The van der Waals surface area contributed by atoms with Crippen LogP contribution in [0.1, 0.15) is 11.1 Å². The van der Waals surface area contributed by atoms with Gasteiger partial charge in [-0.2, -0.15) is 0 Å². The largest absolute Gasteiger partial charge is 0.0843 e. The summed E-state index contributed by atoms with van der Waals surface area (Å²) in [6, 6.07) is 23.3. The molecule has 0 nitrogen and oxygen atoms in total. The first kappa shape index (κ1) is 13.9. The predicted molar refractivity (Wildman–Crippen MR) is 91.8 cm³/mol. The molecule has 0 aliphatic carbocycles. The van der Waals surface area contributed by atoms with Gasteiger partial charge in [0.25, 0.3) is 0 Å². The molecule has 0 spiro atoms. The van der Waals surface area contributed by atoms with Crippen LogP contribution in [0.3, 0.4) is 0 Å². The Morgan fingerprint density at radius 1 is 0.667 bits per heavy atom. The molecule has 3 aromatic rings. The summed E-state index contributed by atoms with van der Waals surface area (Å²) in [6.07, 6.45) is 0. The van der Waals surface area contributed by atoms with Crippen molar-refractivity contribution < 1.29 is 0 Å². The van der Waals surface area contributed by atoms with Crippen LogP contribution in [0, 0.1) is 13.8 Å². The summed E-state index contributed by atoms with van der Waals surface area (Å²) in [5.41, 5.74) is 7.37. The maximum atomic E-state index is 6.14. The molecular weight excluding hydrogens is 276 g/mol. The summed E-state index contributed by atoms with van der Waals surface area (Å²) in [4.78, 5) is 0. The number of halogens is 1. The van der Waals surface area contributed by atoms with E-state index >= 15 is 0 Å². The van der Waals surface area contributed by atoms with Crippen LogP contribution < -0.4 is 0 Å². The SMILES string of the molecule is Cc1ccc(-c2cccc(-c3cc(Cl)ccc3C)c2)cc1. The monoisotopic (exact) mass is 292 g/mol. The highest BCUT2D eigenvalue weighted by molar-refractivity contribution is 6.30. The summed E-state index contributed by atoms with van der Waals surface area (Å²) in [5, 5.41) is 0.774. The highest BCUT2D eigenvalue weighted by atomic mass is 35.5. The third-order valence-corrected chi connectivity index (χ3v) is 3.99. The van der Waals surface area contributed by atoms with Crippen LogP contribution in [-0.4, -0.2) is 0 Å². The van der Waals surface area contributed by atoms with Gasteiger partial charge in [0, 0.05) is 5.02 Å². The van der Waals surface area contributed by atoms with Gasteiger partial charge in [-0.05, 0) is 59.9 Å². The lowest BCUT2D eigenvalue weighted by molar-refractivity contribution is 1.45. The highest BCUT2D eigenvalue weighted by Crippen LogP contribution is 2.30. The van der Waals surface area contributed by atoms with Crippen LogP contribution in [0.25, 0.3) is 22.3 Å². The van der Waals surface area contributed by atoms with Crippen LogP contribution in [0.15, 0.2) is 66.7 Å². The number of hydrogen-bond donors (Lipinski definition) is 0. The first-order chi connectivity index (χ1) is 10.1. The van der Waals surface area contributed by atoms with Crippen molar-refractivity contribution in [2.24, 2.45) is 0 Å². The van der Waals surface area contributed by atoms with E-state index in [9.17, 15) is 0 Å². The third-order valence-electron chi connectivity index (χ3n) is 3.76. The fourth-order valence-corrected chi connectivity index (χ4v) is 2.69. The molecule has 0 atom stereocenters. The molecule has 0 unspecified atom stereocenters. The van der Waals surface area contributed by atoms with Crippen molar-refractivity contribution in [3.8, 4) is 22.3 Å². The van der Waals surface area contributed by atoms with E-state index < -0.39 is 0 Å². The number of rotatable bonds is 2. The van der Waals surface area contributed by atoms with Gasteiger partial charge in [0.15, 0.2) is 0 Å². The number of aryl methyl sites for hydroxylation is 2. The van der Waals surface area contributed by atoms with Crippen LogP contribution in [-0.2, 0) is 0 Å². The summed E-state index contributed by atoms with van der Waals surface area (Å²) in [5.74, 6) is 0. The van der Waals surface area contributed by atoms with Gasteiger partial charge in [0.05, 0.1) is 0 Å². The molecule has 0 aromatic heterocycles. The summed E-state index contributed by atoms with van der Waals surface area (Å²) in [7, 11) is 0. The zero-order chi connectivity index (χ0) is 14.8. The Balaban J connectivity index is 2.08. The quantitative estimate of drug-likeness (QED) is 0.520. The molecule has 3 rings (SSSR count). The van der Waals surface area contributed by atoms with Gasteiger partial charge < -0.3 is 0 Å². The first-order valence-corrected chi connectivity index (χ1v) is 7.45. The lowest BCUT2D eigenvalue weighted by Crippen LogP contribution is -1.85. The van der Waals surface area contributed by atoms with Gasteiger partial charge in [-0.15, -0.1) is 0 Å². The third kappa shape index (κ3) is 3.01. The molecule has 0 saturated carbocycles. The molecule has 21 heavy (non-hydrogen) atoms. The average Bonchev–Trinajstić information content (AvgIpc) is 2.50. The van der Waals surface area contributed by atoms with Gasteiger partial charge in [-0.3, -0.25) is 0 Å². The van der Waals surface area contributed by atoms with Crippen molar-refractivity contribution in [2.75, 3.05) is 0 Å². The minimum Gasteiger partial charge on any atom is -0.0843 e. The second kappa shape index (κ2) is 5.75. The standard InChI is InChI=1S/C20H17Cl/c1-14-6-9-16(10-7-14)17-4-3-5-18(12-17)20-13-19(21)11-8-15(20)2/h3-13H,1-2H3. The molecule has 0 bridgehead atoms. The van der Waals surface area contributed by atoms with E-state index in [0.717, 1.165) is 5.02 Å². The van der Waals surface area contributed by atoms with E-state index in [1.54, 1.807) is 0 Å². The molecule has 1 heteroatoms. The Morgan fingerprint density at radius 2 is 1.38 bits per heavy atom. The van der Waals surface area contributed by atoms with Gasteiger partial charge in [-0.25, -0.2) is 0 Å². The number of hydrogen-bond acceptors (Lipinski definition) is 0. The molecule has 104 valence electrons. The fraction of sp³-hybridized carbons (Fsp3) is 0.100. The van der Waals surface area contributed by atoms with Crippen molar-refractivity contribution in [2.45, 2.75) is 13.8 Å². The zero-order valence-electron chi connectivity index (χ0n) is 12.2. The lowest BCUT2D eigenvalue weighted by atomic mass is 9.96. The van der Waals surface area contributed by atoms with Crippen LogP contribution >= 0.6 is 11.6 Å². The van der Waals surface area contributed by atoms with Gasteiger partial charge >= 0.3 is 0 Å². The van der Waals surface area contributed by atoms with E-state index in [1.807, 2.05) is 12.1 Å². The summed E-state index contributed by atoms with van der Waals surface area (Å²) >= 11 is 6.14. The second-order valence-corrected chi connectivity index (χ2v) is 5.84. The van der Waals surface area contributed by atoms with Crippen LogP contribution in [0.4, 0.5) is 0 Å². The van der Waals surface area contributed by atoms with Crippen molar-refractivity contribution in [3.63, 3.8) is 0 Å². The molecule has 0 saturated heterocycles. The average molecular weight is 293 g/mol. The molecule has 0 aliphatic heterocycles. The lowest BCUT2D eigenvalue weighted by Gasteiger charge is -2.09. The Hall–Kier alpha value is -2.05. The van der Waals surface area contributed by atoms with Crippen LogP contribution in [0.2, 0.25) is 5.02 Å². The van der Waals surface area contributed by atoms with Gasteiger partial charge in [-0.1, -0.05) is 65.7 Å². The first-order valence-electron chi connectivity index (χ1n) is 7.07. The summed E-state index contributed by atoms with van der Waals surface area (Å²) in [6.45, 7) is 4.22. The Labute approximate surface area is 131 Å². The smallest absolute Gasteiger partial charge is 0.0412 e. The molecular formula is C20H17Cl. The van der Waals surface area contributed by atoms with Gasteiger partial charge in [0.1, 0.15) is 0 Å². The summed E-state index contributed by atoms with van der Waals surface area (Å²) < 4.78 is 0. The maximum Gasteiger partial charge on any atom is 0.0412 e. The normalized spacial score (nSPS) is 10.6. The van der Waals surface area contributed by atoms with Crippen molar-refractivity contribution in [1.29, 1.82) is 0 Å². The number of benzene rings is 3. The maximum absolute atomic E-state index is 6.14. The van der Waals surface area contributed by atoms with Crippen molar-refractivity contribution in [1.82, 2.24) is 0 Å². The highest BCUT2D eigenvalue weighted by Gasteiger charge is 2.05. The minimum atomic E-state index is 0.774. The van der Waals surface area contributed by atoms with E-state index in [-0.39, 0.29) is 0 Å². The molecule has 0 aliphatic rings. The van der Waals surface area contributed by atoms with E-state index in [2.05, 4.69) is 68.4 Å². The van der Waals surface area contributed by atoms with E-state index in [1.165, 1.54) is 33.4 Å². The molecule has 3 aromatic carbocycles. The molecule has 0 radical (unpaired) electrons. The fourth-order valence-electron chi connectivity index (χ4n) is 2.52. The molecule has 0 amide bonds. The topological polar surface area (TPSA) is 0 Å². The van der Waals surface area contributed by atoms with Crippen molar-refractivity contribution >= 4 is 11.6 Å². The zero-order valence-corrected chi connectivity index (χ0v) is 13.0. The Morgan fingerprint density at radius 3 is 2.14 bits per heavy atom. The van der Waals surface area contributed by atoms with Crippen molar-refractivity contribution in [3.05, 3.63) is 82.9 Å². The predicted octanol–water partition coefficient (Wildman–Crippen LogP) is 6.29. The second-order valence-electron chi connectivity index (χ2n) is 5.41. The minimum absolute atomic E-state index is 0.774. The van der Waals surface area contributed by atoms with E-state index in [4.69, 9.17) is 11.6 Å². The van der Waals surface area contributed by atoms with Crippen LogP contribution in [0.5, 0.6) is 0 Å². The molecule has 0 heterocycles. The van der Waals surface area contributed by atoms with Gasteiger partial charge in [0.2, 0.25) is 0 Å². The Kier molecular flexibility index (Phi) is 3.81. The molecule has 0 N–H and O–H groups in total. The van der Waals surface area contributed by atoms with E-state index in [0.29, 0.717) is 0 Å². The Bertz CT molecular complexity index is 770. The molecule has 0 fully saturated rings.